The Morgan fingerprint density at radius 3 is 3.12 bits per heavy atom. The monoisotopic (exact) mass is 249 g/mol. The number of carbonyl (C=O) groups is 1. The van der Waals surface area contributed by atoms with E-state index in [0.717, 1.165) is 17.0 Å². The van der Waals surface area contributed by atoms with Gasteiger partial charge in [-0.2, -0.15) is 5.10 Å². The molecule has 0 aliphatic heterocycles. The number of hydrogen-bond donors (Lipinski definition) is 2. The van der Waals surface area contributed by atoms with Gasteiger partial charge in [0.05, 0.1) is 10.6 Å². The first-order valence-electron chi connectivity index (χ1n) is 5.61. The predicted molar refractivity (Wildman–Crippen MR) is 69.1 cm³/mol. The minimum absolute atomic E-state index is 0.126. The van der Waals surface area contributed by atoms with Gasteiger partial charge in [0.1, 0.15) is 0 Å². The van der Waals surface area contributed by atoms with E-state index in [1.807, 2.05) is 31.4 Å². The fourth-order valence-corrected chi connectivity index (χ4v) is 2.09. The van der Waals surface area contributed by atoms with E-state index in [1.165, 1.54) is 0 Å². The number of hydrogen-bond acceptors (Lipinski definition) is 3. The van der Waals surface area contributed by atoms with Crippen molar-refractivity contribution < 1.29 is 4.79 Å². The molecule has 0 aliphatic rings. The average molecular weight is 249 g/mol. The van der Waals surface area contributed by atoms with Gasteiger partial charge in [-0.3, -0.25) is 9.89 Å². The molecule has 1 atom stereocenters. The summed E-state index contributed by atoms with van der Waals surface area (Å²) in [6.07, 6.45) is 0.911. The van der Waals surface area contributed by atoms with E-state index < -0.39 is 0 Å². The van der Waals surface area contributed by atoms with Crippen LogP contribution in [0.1, 0.15) is 30.8 Å². The van der Waals surface area contributed by atoms with E-state index >= 15 is 0 Å². The normalized spacial score (nSPS) is 12.4. The molecule has 2 aromatic heterocycles. The van der Waals surface area contributed by atoms with Gasteiger partial charge < -0.3 is 5.32 Å². The molecule has 0 fully saturated rings. The third-order valence-electron chi connectivity index (χ3n) is 2.59. The number of amides is 1. The maximum absolute atomic E-state index is 11.8. The zero-order valence-electron chi connectivity index (χ0n) is 9.86. The number of thiophene rings is 1. The smallest absolute Gasteiger partial charge is 0.271 e. The van der Waals surface area contributed by atoms with Crippen molar-refractivity contribution in [3.63, 3.8) is 0 Å². The Balaban J connectivity index is 2.11. The summed E-state index contributed by atoms with van der Waals surface area (Å²) in [5.41, 5.74) is 1.32. The zero-order valence-corrected chi connectivity index (χ0v) is 10.7. The second-order valence-electron chi connectivity index (χ2n) is 3.93. The number of aromatic nitrogens is 2. The van der Waals surface area contributed by atoms with E-state index in [4.69, 9.17) is 0 Å². The molecule has 5 heteroatoms. The Hall–Kier alpha value is -1.62. The fraction of sp³-hybridized carbons (Fsp3) is 0.333. The summed E-state index contributed by atoms with van der Waals surface area (Å²) in [5, 5.41) is 11.8. The van der Waals surface area contributed by atoms with Crippen molar-refractivity contribution in [2.45, 2.75) is 26.3 Å². The Labute approximate surface area is 104 Å². The van der Waals surface area contributed by atoms with E-state index in [9.17, 15) is 4.79 Å². The van der Waals surface area contributed by atoms with Crippen molar-refractivity contribution in [3.05, 3.63) is 29.3 Å². The molecule has 0 spiro atoms. The molecule has 0 aliphatic carbocycles. The topological polar surface area (TPSA) is 57.8 Å². The number of nitrogens with zero attached hydrogens (tertiary/aromatic N) is 1. The Kier molecular flexibility index (Phi) is 3.58. The highest BCUT2D eigenvalue weighted by Gasteiger charge is 2.13. The maximum atomic E-state index is 11.8. The quantitative estimate of drug-likeness (QED) is 0.875. The number of rotatable bonds is 4. The molecule has 0 saturated heterocycles. The molecule has 4 nitrogen and oxygen atoms in total. The van der Waals surface area contributed by atoms with Crippen LogP contribution in [0.2, 0.25) is 0 Å². The molecule has 0 bridgehead atoms. The predicted octanol–water partition coefficient (Wildman–Crippen LogP) is 2.67. The SMILES string of the molecule is CCC(C)NC(=O)c1cc(-c2cccs2)[nH]n1. The van der Waals surface area contributed by atoms with Gasteiger partial charge in [0.2, 0.25) is 0 Å². The molecule has 2 N–H and O–H groups in total. The Morgan fingerprint density at radius 1 is 1.65 bits per heavy atom. The van der Waals surface area contributed by atoms with Crippen LogP contribution < -0.4 is 5.32 Å². The van der Waals surface area contributed by atoms with Gasteiger partial charge in [0.15, 0.2) is 5.69 Å². The van der Waals surface area contributed by atoms with Gasteiger partial charge in [-0.15, -0.1) is 11.3 Å². The van der Waals surface area contributed by atoms with Crippen LogP contribution in [0.5, 0.6) is 0 Å². The first-order valence-corrected chi connectivity index (χ1v) is 6.48. The summed E-state index contributed by atoms with van der Waals surface area (Å²) >= 11 is 1.62. The molecule has 1 unspecified atom stereocenters. The number of carbonyl (C=O) groups excluding carboxylic acids is 1. The molecular weight excluding hydrogens is 234 g/mol. The van der Waals surface area contributed by atoms with Crippen molar-refractivity contribution in [1.29, 1.82) is 0 Å². The lowest BCUT2D eigenvalue weighted by Crippen LogP contribution is -2.32. The van der Waals surface area contributed by atoms with Gasteiger partial charge >= 0.3 is 0 Å². The van der Waals surface area contributed by atoms with Crippen LogP contribution in [0.15, 0.2) is 23.6 Å². The van der Waals surface area contributed by atoms with Crippen LogP contribution in [0.3, 0.4) is 0 Å². The summed E-state index contributed by atoms with van der Waals surface area (Å²) in [6, 6.07) is 5.92. The minimum atomic E-state index is -0.126. The third kappa shape index (κ3) is 2.74. The second-order valence-corrected chi connectivity index (χ2v) is 4.87. The summed E-state index contributed by atoms with van der Waals surface area (Å²) in [7, 11) is 0. The number of nitrogens with one attached hydrogen (secondary N) is 2. The van der Waals surface area contributed by atoms with Crippen LogP contribution in [0.4, 0.5) is 0 Å². The van der Waals surface area contributed by atoms with Gasteiger partial charge in [-0.1, -0.05) is 13.0 Å². The molecule has 90 valence electrons. The summed E-state index contributed by atoms with van der Waals surface area (Å²) in [6.45, 7) is 4.01. The van der Waals surface area contributed by atoms with E-state index in [-0.39, 0.29) is 11.9 Å². The first-order chi connectivity index (χ1) is 8.20. The van der Waals surface area contributed by atoms with E-state index in [2.05, 4.69) is 15.5 Å². The molecule has 2 aromatic rings. The molecule has 2 heterocycles. The highest BCUT2D eigenvalue weighted by atomic mass is 32.1. The largest absolute Gasteiger partial charge is 0.348 e. The first kappa shape index (κ1) is 11.9. The third-order valence-corrected chi connectivity index (χ3v) is 3.49. The number of H-pyrrole nitrogens is 1. The van der Waals surface area contributed by atoms with Gasteiger partial charge in [0, 0.05) is 6.04 Å². The van der Waals surface area contributed by atoms with E-state index in [1.54, 1.807) is 17.4 Å². The number of aromatic amines is 1. The van der Waals surface area contributed by atoms with Crippen molar-refractivity contribution in [1.82, 2.24) is 15.5 Å². The highest BCUT2D eigenvalue weighted by molar-refractivity contribution is 7.13. The lowest BCUT2D eigenvalue weighted by molar-refractivity contribution is 0.0934. The highest BCUT2D eigenvalue weighted by Crippen LogP contribution is 2.22. The van der Waals surface area contributed by atoms with Crippen molar-refractivity contribution >= 4 is 17.2 Å². The zero-order chi connectivity index (χ0) is 12.3. The van der Waals surface area contributed by atoms with Crippen LogP contribution in [-0.2, 0) is 0 Å². The van der Waals surface area contributed by atoms with Crippen LogP contribution in [0, 0.1) is 0 Å². The Bertz CT molecular complexity index is 490. The molecule has 1 amide bonds. The molecule has 0 aromatic carbocycles. The average Bonchev–Trinajstić information content (AvgIpc) is 2.98. The molecule has 0 saturated carbocycles. The van der Waals surface area contributed by atoms with Gasteiger partial charge in [-0.25, -0.2) is 0 Å². The van der Waals surface area contributed by atoms with Crippen molar-refractivity contribution in [3.8, 4) is 10.6 Å². The maximum Gasteiger partial charge on any atom is 0.271 e. The minimum Gasteiger partial charge on any atom is -0.348 e. The lowest BCUT2D eigenvalue weighted by atomic mass is 10.2. The van der Waals surface area contributed by atoms with Gasteiger partial charge in [-0.05, 0) is 30.9 Å². The van der Waals surface area contributed by atoms with Crippen LogP contribution >= 0.6 is 11.3 Å². The van der Waals surface area contributed by atoms with E-state index in [0.29, 0.717) is 5.69 Å². The second kappa shape index (κ2) is 5.14. The van der Waals surface area contributed by atoms with Crippen molar-refractivity contribution in [2.75, 3.05) is 0 Å². The summed E-state index contributed by atoms with van der Waals surface area (Å²) < 4.78 is 0. The summed E-state index contributed by atoms with van der Waals surface area (Å²) in [4.78, 5) is 12.9. The Morgan fingerprint density at radius 2 is 2.47 bits per heavy atom. The fourth-order valence-electron chi connectivity index (χ4n) is 1.40. The standard InChI is InChI=1S/C12H15N3OS/c1-3-8(2)13-12(16)10-7-9(14-15-10)11-5-4-6-17-11/h4-8H,3H2,1-2H3,(H,13,16)(H,14,15). The molecular formula is C12H15N3OS. The molecule has 0 radical (unpaired) electrons. The van der Waals surface area contributed by atoms with Crippen LogP contribution in [0.25, 0.3) is 10.6 Å². The van der Waals surface area contributed by atoms with Crippen molar-refractivity contribution in [2.24, 2.45) is 0 Å². The molecule has 2 rings (SSSR count). The summed E-state index contributed by atoms with van der Waals surface area (Å²) in [5.74, 6) is -0.126. The van der Waals surface area contributed by atoms with Gasteiger partial charge in [0.25, 0.3) is 5.91 Å². The van der Waals surface area contributed by atoms with Crippen LogP contribution in [-0.4, -0.2) is 22.1 Å². The molecule has 17 heavy (non-hydrogen) atoms. The lowest BCUT2D eigenvalue weighted by Gasteiger charge is -2.08.